The minimum Gasteiger partial charge on any atom is -0.492 e. The number of aromatic nitrogens is 2. The van der Waals surface area contributed by atoms with Crippen LogP contribution in [0.4, 0.5) is 5.69 Å². The maximum Gasteiger partial charge on any atom is 0.227 e. The molecule has 1 amide bonds. The normalized spacial score (nSPS) is 16.1. The van der Waals surface area contributed by atoms with Crippen molar-refractivity contribution in [3.8, 4) is 5.75 Å². The number of para-hydroxylation sites is 4. The fourth-order valence-corrected chi connectivity index (χ4v) is 4.67. The Bertz CT molecular complexity index is 1280. The van der Waals surface area contributed by atoms with Crippen LogP contribution < -0.4 is 9.64 Å². The molecule has 3 aromatic carbocycles. The standard InChI is InChI=1S/C26H24ClN3O2/c1-2-32-24-13-6-5-12-23(24)29-17-19(15-25(29)31)26-28-21-10-3-4-11-22(21)30(26)16-18-8-7-9-20(27)14-18/h3-14,19H,2,15-17H2,1H3/t19-/m0/s1. The minimum absolute atomic E-state index is 0.0104. The van der Waals surface area contributed by atoms with Gasteiger partial charge >= 0.3 is 0 Å². The van der Waals surface area contributed by atoms with Crippen LogP contribution in [-0.4, -0.2) is 28.6 Å². The molecule has 0 aliphatic carbocycles. The predicted octanol–water partition coefficient (Wildman–Crippen LogP) is 5.66. The molecule has 5 rings (SSSR count). The molecule has 6 heteroatoms. The molecule has 1 atom stereocenters. The highest BCUT2D eigenvalue weighted by atomic mass is 35.5. The van der Waals surface area contributed by atoms with Crippen LogP contribution in [0.5, 0.6) is 5.75 Å². The van der Waals surface area contributed by atoms with Crippen molar-refractivity contribution in [3.05, 3.63) is 89.2 Å². The van der Waals surface area contributed by atoms with E-state index in [1.807, 2.05) is 72.5 Å². The predicted molar refractivity (Wildman–Crippen MR) is 128 cm³/mol. The number of rotatable bonds is 6. The van der Waals surface area contributed by atoms with Gasteiger partial charge in [0.15, 0.2) is 0 Å². The molecule has 0 spiro atoms. The second kappa shape index (κ2) is 8.67. The summed E-state index contributed by atoms with van der Waals surface area (Å²) in [4.78, 5) is 19.8. The van der Waals surface area contributed by atoms with Gasteiger partial charge in [0.2, 0.25) is 5.91 Å². The highest BCUT2D eigenvalue weighted by Gasteiger charge is 2.36. The van der Waals surface area contributed by atoms with Crippen molar-refractivity contribution in [1.82, 2.24) is 9.55 Å². The van der Waals surface area contributed by atoms with E-state index >= 15 is 0 Å². The largest absolute Gasteiger partial charge is 0.492 e. The summed E-state index contributed by atoms with van der Waals surface area (Å²) < 4.78 is 7.99. The highest BCUT2D eigenvalue weighted by molar-refractivity contribution is 6.30. The number of carbonyl (C=O) groups excluding carboxylic acids is 1. The zero-order valence-corrected chi connectivity index (χ0v) is 18.6. The lowest BCUT2D eigenvalue weighted by atomic mass is 10.1. The number of anilines is 1. The Morgan fingerprint density at radius 2 is 1.88 bits per heavy atom. The number of ether oxygens (including phenoxy) is 1. The number of fused-ring (bicyclic) bond motifs is 1. The van der Waals surface area contributed by atoms with Gasteiger partial charge in [0, 0.05) is 30.5 Å². The van der Waals surface area contributed by atoms with Gasteiger partial charge < -0.3 is 14.2 Å². The number of hydrogen-bond acceptors (Lipinski definition) is 3. The molecule has 0 saturated carbocycles. The number of benzene rings is 3. The molecule has 0 N–H and O–H groups in total. The zero-order chi connectivity index (χ0) is 22.1. The molecule has 1 fully saturated rings. The number of imidazole rings is 1. The first-order chi connectivity index (χ1) is 15.6. The minimum atomic E-state index is -0.0104. The molecule has 0 bridgehead atoms. The van der Waals surface area contributed by atoms with Gasteiger partial charge in [0.05, 0.1) is 23.3 Å². The molecule has 0 radical (unpaired) electrons. The molecule has 1 aliphatic heterocycles. The van der Waals surface area contributed by atoms with Crippen molar-refractivity contribution >= 4 is 34.2 Å². The van der Waals surface area contributed by atoms with Crippen molar-refractivity contribution in [2.24, 2.45) is 0 Å². The van der Waals surface area contributed by atoms with Crippen molar-refractivity contribution in [1.29, 1.82) is 0 Å². The Kier molecular flexibility index (Phi) is 5.58. The third-order valence-corrected chi connectivity index (χ3v) is 6.09. The van der Waals surface area contributed by atoms with E-state index in [4.69, 9.17) is 21.3 Å². The van der Waals surface area contributed by atoms with E-state index in [9.17, 15) is 4.79 Å². The van der Waals surface area contributed by atoms with E-state index in [2.05, 4.69) is 16.7 Å². The summed E-state index contributed by atoms with van der Waals surface area (Å²) in [6, 6.07) is 23.7. The molecule has 4 aromatic rings. The van der Waals surface area contributed by atoms with Gasteiger partial charge in [-0.2, -0.15) is 0 Å². The number of amides is 1. The quantitative estimate of drug-likeness (QED) is 0.385. The fourth-order valence-electron chi connectivity index (χ4n) is 4.46. The van der Waals surface area contributed by atoms with E-state index in [-0.39, 0.29) is 11.8 Å². The molecule has 162 valence electrons. The summed E-state index contributed by atoms with van der Waals surface area (Å²) in [6.07, 6.45) is 0.416. The maximum atomic E-state index is 13.1. The SMILES string of the molecule is CCOc1ccccc1N1C[C@@H](c2nc3ccccc3n2Cc2cccc(Cl)c2)CC1=O. The van der Waals surface area contributed by atoms with Gasteiger partial charge in [0.25, 0.3) is 0 Å². The van der Waals surface area contributed by atoms with Gasteiger partial charge in [-0.1, -0.05) is 48.0 Å². The first kappa shape index (κ1) is 20.6. The first-order valence-electron chi connectivity index (χ1n) is 10.9. The summed E-state index contributed by atoms with van der Waals surface area (Å²) in [5.74, 6) is 1.74. The lowest BCUT2D eigenvalue weighted by Gasteiger charge is -2.20. The Labute approximate surface area is 192 Å². The smallest absolute Gasteiger partial charge is 0.227 e. The zero-order valence-electron chi connectivity index (χ0n) is 17.9. The summed E-state index contributed by atoms with van der Waals surface area (Å²) in [6.45, 7) is 3.72. The number of hydrogen-bond donors (Lipinski definition) is 0. The van der Waals surface area contributed by atoms with Crippen LogP contribution in [0, 0.1) is 0 Å². The fraction of sp³-hybridized carbons (Fsp3) is 0.231. The Morgan fingerprint density at radius 1 is 1.06 bits per heavy atom. The van der Waals surface area contributed by atoms with Crippen LogP contribution in [0.2, 0.25) is 5.02 Å². The molecular weight excluding hydrogens is 422 g/mol. The Hall–Kier alpha value is -3.31. The van der Waals surface area contributed by atoms with E-state index in [0.29, 0.717) is 31.1 Å². The summed E-state index contributed by atoms with van der Waals surface area (Å²) in [7, 11) is 0. The summed E-state index contributed by atoms with van der Waals surface area (Å²) in [5, 5.41) is 0.711. The van der Waals surface area contributed by atoms with Crippen LogP contribution in [0.25, 0.3) is 11.0 Å². The average molecular weight is 446 g/mol. The lowest BCUT2D eigenvalue weighted by Crippen LogP contribution is -2.25. The van der Waals surface area contributed by atoms with Crippen molar-refractivity contribution < 1.29 is 9.53 Å². The lowest BCUT2D eigenvalue weighted by molar-refractivity contribution is -0.117. The Morgan fingerprint density at radius 3 is 2.72 bits per heavy atom. The molecule has 5 nitrogen and oxygen atoms in total. The van der Waals surface area contributed by atoms with Crippen LogP contribution >= 0.6 is 11.6 Å². The van der Waals surface area contributed by atoms with Gasteiger partial charge in [-0.15, -0.1) is 0 Å². The second-order valence-electron chi connectivity index (χ2n) is 7.98. The average Bonchev–Trinajstić information content (AvgIpc) is 3.35. The Balaban J connectivity index is 1.52. The summed E-state index contributed by atoms with van der Waals surface area (Å²) in [5.41, 5.74) is 3.91. The van der Waals surface area contributed by atoms with Gasteiger partial charge in [-0.3, -0.25) is 4.79 Å². The molecule has 1 aromatic heterocycles. The maximum absolute atomic E-state index is 13.1. The van der Waals surface area contributed by atoms with Crippen molar-refractivity contribution in [2.75, 3.05) is 18.1 Å². The van der Waals surface area contributed by atoms with Crippen LogP contribution in [0.3, 0.4) is 0 Å². The van der Waals surface area contributed by atoms with E-state index < -0.39 is 0 Å². The van der Waals surface area contributed by atoms with Gasteiger partial charge in [-0.05, 0) is 48.9 Å². The molecule has 32 heavy (non-hydrogen) atoms. The third kappa shape index (κ3) is 3.84. The number of halogens is 1. The van der Waals surface area contributed by atoms with E-state index in [0.717, 1.165) is 33.9 Å². The first-order valence-corrected chi connectivity index (χ1v) is 11.2. The van der Waals surface area contributed by atoms with Gasteiger partial charge in [-0.25, -0.2) is 4.98 Å². The van der Waals surface area contributed by atoms with Gasteiger partial charge in [0.1, 0.15) is 11.6 Å². The van der Waals surface area contributed by atoms with Crippen LogP contribution in [0.1, 0.15) is 30.7 Å². The highest BCUT2D eigenvalue weighted by Crippen LogP contribution is 2.37. The topological polar surface area (TPSA) is 47.4 Å². The number of nitrogens with zero attached hydrogens (tertiary/aromatic N) is 3. The van der Waals surface area contributed by atoms with Crippen molar-refractivity contribution in [3.63, 3.8) is 0 Å². The molecule has 1 saturated heterocycles. The molecule has 2 heterocycles. The summed E-state index contributed by atoms with van der Waals surface area (Å²) >= 11 is 6.23. The molecule has 0 unspecified atom stereocenters. The monoisotopic (exact) mass is 445 g/mol. The second-order valence-corrected chi connectivity index (χ2v) is 8.42. The van der Waals surface area contributed by atoms with E-state index in [1.165, 1.54) is 0 Å². The van der Waals surface area contributed by atoms with Crippen LogP contribution in [-0.2, 0) is 11.3 Å². The number of carbonyl (C=O) groups is 1. The molecule has 1 aliphatic rings. The van der Waals surface area contributed by atoms with Crippen molar-refractivity contribution in [2.45, 2.75) is 25.8 Å². The van der Waals surface area contributed by atoms with E-state index in [1.54, 1.807) is 0 Å². The third-order valence-electron chi connectivity index (χ3n) is 5.86. The van der Waals surface area contributed by atoms with Crippen LogP contribution in [0.15, 0.2) is 72.8 Å². The molecular formula is C26H24ClN3O2.